The van der Waals surface area contributed by atoms with Crippen molar-refractivity contribution in [2.24, 2.45) is 5.92 Å². The Morgan fingerprint density at radius 1 is 1.21 bits per heavy atom. The van der Waals surface area contributed by atoms with Gasteiger partial charge in [0.2, 0.25) is 10.0 Å². The third kappa shape index (κ3) is 4.93. The predicted octanol–water partition coefficient (Wildman–Crippen LogP) is 1.31. The molecule has 1 saturated carbocycles. The number of nitrogens with one attached hydrogen (secondary N) is 1. The first kappa shape index (κ1) is 14.5. The lowest BCUT2D eigenvalue weighted by atomic mass is 10.1. The first-order chi connectivity index (χ1) is 9.05. The van der Waals surface area contributed by atoms with Crippen LogP contribution in [0.2, 0.25) is 0 Å². The van der Waals surface area contributed by atoms with Crippen LogP contribution < -0.4 is 4.72 Å². The topological polar surface area (TPSA) is 66.4 Å². The number of sulfonamides is 1. The van der Waals surface area contributed by atoms with Crippen LogP contribution in [-0.4, -0.2) is 31.9 Å². The van der Waals surface area contributed by atoms with Crippen LogP contribution in [0.1, 0.15) is 24.8 Å². The fourth-order valence-electron chi connectivity index (χ4n) is 2.45. The Bertz CT molecular complexity index is 487. The lowest BCUT2D eigenvalue weighted by Gasteiger charge is -2.11. The van der Waals surface area contributed by atoms with Gasteiger partial charge >= 0.3 is 0 Å². The molecule has 1 aromatic carbocycles. The maximum atomic E-state index is 11.9. The molecular weight excluding hydrogens is 262 g/mol. The Kier molecular flexibility index (Phi) is 4.96. The minimum atomic E-state index is -3.22. The van der Waals surface area contributed by atoms with Crippen molar-refractivity contribution in [3.05, 3.63) is 35.9 Å². The summed E-state index contributed by atoms with van der Waals surface area (Å²) in [6.45, 7) is 0.453. The summed E-state index contributed by atoms with van der Waals surface area (Å²) in [5.74, 6) is 0.397. The highest BCUT2D eigenvalue weighted by Gasteiger charge is 2.24. The number of hydrogen-bond acceptors (Lipinski definition) is 3. The van der Waals surface area contributed by atoms with Crippen molar-refractivity contribution in [1.82, 2.24) is 4.72 Å². The van der Waals surface area contributed by atoms with E-state index in [1.807, 2.05) is 30.3 Å². The number of aryl methyl sites for hydroxylation is 1. The van der Waals surface area contributed by atoms with Crippen LogP contribution in [0.4, 0.5) is 0 Å². The van der Waals surface area contributed by atoms with Crippen molar-refractivity contribution in [1.29, 1.82) is 0 Å². The van der Waals surface area contributed by atoms with Gasteiger partial charge in [-0.25, -0.2) is 13.1 Å². The third-order valence-corrected chi connectivity index (χ3v) is 4.96. The van der Waals surface area contributed by atoms with Crippen LogP contribution in [0.5, 0.6) is 0 Å². The van der Waals surface area contributed by atoms with Crippen LogP contribution in [-0.2, 0) is 16.4 Å². The molecular formula is C14H21NO3S. The highest BCUT2D eigenvalue weighted by atomic mass is 32.2. The molecule has 19 heavy (non-hydrogen) atoms. The number of benzene rings is 1. The maximum Gasteiger partial charge on any atom is 0.211 e. The second kappa shape index (κ2) is 6.50. The Morgan fingerprint density at radius 2 is 1.95 bits per heavy atom. The maximum absolute atomic E-state index is 11.9. The molecule has 2 unspecified atom stereocenters. The normalized spacial score (nSPS) is 23.6. The van der Waals surface area contributed by atoms with Crippen molar-refractivity contribution in [3.8, 4) is 0 Å². The number of aliphatic hydroxyl groups excluding tert-OH is 1. The van der Waals surface area contributed by atoms with E-state index in [0.717, 1.165) is 18.4 Å². The molecule has 1 aliphatic carbocycles. The molecule has 0 bridgehead atoms. The number of rotatable bonds is 6. The van der Waals surface area contributed by atoms with Gasteiger partial charge in [0, 0.05) is 6.54 Å². The van der Waals surface area contributed by atoms with Gasteiger partial charge in [0.15, 0.2) is 0 Å². The van der Waals surface area contributed by atoms with Crippen molar-refractivity contribution in [3.63, 3.8) is 0 Å². The van der Waals surface area contributed by atoms with E-state index in [1.165, 1.54) is 0 Å². The summed E-state index contributed by atoms with van der Waals surface area (Å²) < 4.78 is 26.4. The van der Waals surface area contributed by atoms with Gasteiger partial charge in [-0.05, 0) is 37.2 Å². The van der Waals surface area contributed by atoms with Gasteiger partial charge in [-0.15, -0.1) is 0 Å². The van der Waals surface area contributed by atoms with Crippen LogP contribution in [0.25, 0.3) is 0 Å². The standard InChI is InChI=1S/C14H21NO3S/c16-14-7-6-13(10-14)11-15-19(17,18)9-8-12-4-2-1-3-5-12/h1-5,13-16H,6-11H2. The Balaban J connectivity index is 1.76. The predicted molar refractivity (Wildman–Crippen MR) is 75.3 cm³/mol. The fourth-order valence-corrected chi connectivity index (χ4v) is 3.59. The van der Waals surface area contributed by atoms with Crippen LogP contribution in [0.3, 0.4) is 0 Å². The molecule has 0 amide bonds. The molecule has 5 heteroatoms. The summed E-state index contributed by atoms with van der Waals surface area (Å²) in [6, 6.07) is 9.61. The molecule has 106 valence electrons. The zero-order chi connectivity index (χ0) is 13.7. The largest absolute Gasteiger partial charge is 0.393 e. The molecule has 0 radical (unpaired) electrons. The number of hydrogen-bond donors (Lipinski definition) is 2. The average Bonchev–Trinajstić information content (AvgIpc) is 2.82. The van der Waals surface area contributed by atoms with E-state index >= 15 is 0 Å². The monoisotopic (exact) mass is 283 g/mol. The van der Waals surface area contributed by atoms with Gasteiger partial charge in [-0.3, -0.25) is 0 Å². The molecule has 0 saturated heterocycles. The van der Waals surface area contributed by atoms with E-state index < -0.39 is 10.0 Å². The van der Waals surface area contributed by atoms with E-state index in [4.69, 9.17) is 0 Å². The lowest BCUT2D eigenvalue weighted by molar-refractivity contribution is 0.178. The minimum absolute atomic E-state index is 0.117. The molecule has 4 nitrogen and oxygen atoms in total. The van der Waals surface area contributed by atoms with E-state index in [1.54, 1.807) is 0 Å². The van der Waals surface area contributed by atoms with E-state index in [9.17, 15) is 13.5 Å². The Morgan fingerprint density at radius 3 is 2.58 bits per heavy atom. The minimum Gasteiger partial charge on any atom is -0.393 e. The van der Waals surface area contributed by atoms with Gasteiger partial charge in [-0.1, -0.05) is 30.3 Å². The molecule has 1 aliphatic rings. The first-order valence-electron chi connectivity index (χ1n) is 6.74. The summed E-state index contributed by atoms with van der Waals surface area (Å²) in [7, 11) is -3.22. The van der Waals surface area contributed by atoms with Gasteiger partial charge in [0.1, 0.15) is 0 Å². The average molecular weight is 283 g/mol. The molecule has 0 spiro atoms. The first-order valence-corrected chi connectivity index (χ1v) is 8.40. The summed E-state index contributed by atoms with van der Waals surface area (Å²) in [4.78, 5) is 0. The van der Waals surface area contributed by atoms with Gasteiger partial charge in [-0.2, -0.15) is 0 Å². The van der Waals surface area contributed by atoms with Crippen molar-refractivity contribution < 1.29 is 13.5 Å². The third-order valence-electron chi connectivity index (χ3n) is 3.61. The Labute approximate surface area is 114 Å². The van der Waals surface area contributed by atoms with Crippen molar-refractivity contribution >= 4 is 10.0 Å². The molecule has 2 rings (SSSR count). The van der Waals surface area contributed by atoms with Gasteiger partial charge in [0.05, 0.1) is 11.9 Å². The van der Waals surface area contributed by atoms with Gasteiger partial charge < -0.3 is 5.11 Å². The Hall–Kier alpha value is -0.910. The second-order valence-corrected chi connectivity index (χ2v) is 7.16. The molecule has 0 aliphatic heterocycles. The summed E-state index contributed by atoms with van der Waals surface area (Å²) in [6.07, 6.45) is 2.68. The van der Waals surface area contributed by atoms with E-state index in [-0.39, 0.29) is 17.8 Å². The molecule has 1 aromatic rings. The summed E-state index contributed by atoms with van der Waals surface area (Å²) in [5, 5.41) is 9.40. The SMILES string of the molecule is O=S(=O)(CCc1ccccc1)NCC1CCC(O)C1. The smallest absolute Gasteiger partial charge is 0.211 e. The summed E-state index contributed by atoms with van der Waals surface area (Å²) in [5.41, 5.74) is 1.03. The highest BCUT2D eigenvalue weighted by molar-refractivity contribution is 7.89. The van der Waals surface area contributed by atoms with Crippen molar-refractivity contribution in [2.75, 3.05) is 12.3 Å². The zero-order valence-corrected chi connectivity index (χ0v) is 11.8. The molecule has 0 aromatic heterocycles. The highest BCUT2D eigenvalue weighted by Crippen LogP contribution is 2.24. The molecule has 2 atom stereocenters. The quantitative estimate of drug-likeness (QED) is 0.827. The number of aliphatic hydroxyl groups is 1. The zero-order valence-electron chi connectivity index (χ0n) is 11.0. The van der Waals surface area contributed by atoms with Crippen LogP contribution >= 0.6 is 0 Å². The lowest BCUT2D eigenvalue weighted by Crippen LogP contribution is -2.31. The van der Waals surface area contributed by atoms with Crippen LogP contribution in [0.15, 0.2) is 30.3 Å². The van der Waals surface area contributed by atoms with Gasteiger partial charge in [0.25, 0.3) is 0 Å². The second-order valence-electron chi connectivity index (χ2n) is 5.24. The van der Waals surface area contributed by atoms with Crippen molar-refractivity contribution in [2.45, 2.75) is 31.8 Å². The fraction of sp³-hybridized carbons (Fsp3) is 0.571. The summed E-state index contributed by atoms with van der Waals surface area (Å²) >= 11 is 0. The van der Waals surface area contributed by atoms with E-state index in [0.29, 0.717) is 19.4 Å². The molecule has 0 heterocycles. The molecule has 2 N–H and O–H groups in total. The molecule has 1 fully saturated rings. The van der Waals surface area contributed by atoms with E-state index in [2.05, 4.69) is 4.72 Å². The van der Waals surface area contributed by atoms with Crippen LogP contribution in [0, 0.1) is 5.92 Å².